The molecule has 1 fully saturated rings. The van der Waals surface area contributed by atoms with Crippen LogP contribution in [-0.4, -0.2) is 55.0 Å². The Morgan fingerprint density at radius 1 is 1.33 bits per heavy atom. The number of nitrogens with one attached hydrogen (secondary N) is 1. The number of hydrogen-bond acceptors (Lipinski definition) is 4. The molecule has 1 unspecified atom stereocenters. The Balaban J connectivity index is 1.78. The van der Waals surface area contributed by atoms with Gasteiger partial charge in [0.05, 0.1) is 18.8 Å². The van der Waals surface area contributed by atoms with E-state index in [1.807, 2.05) is 0 Å². The van der Waals surface area contributed by atoms with Gasteiger partial charge in [-0.1, -0.05) is 6.07 Å². The average molecular weight is 300 g/mol. The average Bonchev–Trinajstić information content (AvgIpc) is 2.42. The summed E-state index contributed by atoms with van der Waals surface area (Å²) >= 11 is 0. The number of β-amino-alcohol motifs (C(OH)–C–C–N with tert-alkyl or cyclic N) is 1. The van der Waals surface area contributed by atoms with Crippen LogP contribution in [0.3, 0.4) is 0 Å². The molecule has 0 amide bonds. The van der Waals surface area contributed by atoms with Gasteiger partial charge in [-0.3, -0.25) is 4.90 Å². The van der Waals surface area contributed by atoms with Gasteiger partial charge in [0.2, 0.25) is 0 Å². The van der Waals surface area contributed by atoms with E-state index in [-0.39, 0.29) is 6.54 Å². The molecule has 0 aromatic heterocycles. The van der Waals surface area contributed by atoms with Crippen LogP contribution >= 0.6 is 0 Å². The molecule has 1 aliphatic rings. The number of benzene rings is 1. The molecule has 118 valence electrons. The van der Waals surface area contributed by atoms with Crippen LogP contribution in [0.2, 0.25) is 0 Å². The minimum Gasteiger partial charge on any atom is -0.388 e. The van der Waals surface area contributed by atoms with Crippen molar-refractivity contribution >= 4 is 0 Å². The van der Waals surface area contributed by atoms with E-state index in [1.54, 1.807) is 6.92 Å². The lowest BCUT2D eigenvalue weighted by molar-refractivity contribution is -0.0219. The van der Waals surface area contributed by atoms with Crippen molar-refractivity contribution in [3.8, 4) is 0 Å². The summed E-state index contributed by atoms with van der Waals surface area (Å²) in [5, 5.41) is 13.4. The molecule has 1 saturated heterocycles. The van der Waals surface area contributed by atoms with E-state index in [4.69, 9.17) is 4.74 Å². The van der Waals surface area contributed by atoms with Gasteiger partial charge < -0.3 is 15.2 Å². The largest absolute Gasteiger partial charge is 0.388 e. The number of ether oxygens (including phenoxy) is 1. The molecule has 1 aromatic carbocycles. The first-order valence-electron chi connectivity index (χ1n) is 7.13. The van der Waals surface area contributed by atoms with E-state index in [1.165, 1.54) is 12.1 Å². The molecule has 0 bridgehead atoms. The lowest BCUT2D eigenvalue weighted by Gasteiger charge is -2.34. The quantitative estimate of drug-likeness (QED) is 0.827. The lowest BCUT2D eigenvalue weighted by atomic mass is 10.1. The van der Waals surface area contributed by atoms with Gasteiger partial charge in [-0.2, -0.15) is 0 Å². The van der Waals surface area contributed by atoms with Gasteiger partial charge in [0, 0.05) is 44.4 Å². The van der Waals surface area contributed by atoms with E-state index >= 15 is 0 Å². The Morgan fingerprint density at radius 3 is 2.71 bits per heavy atom. The fraction of sp³-hybridized carbons (Fsp3) is 0.600. The standard InChI is InChI=1S/C15H22F2N2O2/c1-15(20,11-19-4-6-21-7-5-19)10-18-9-12-2-3-13(16)8-14(12)17/h2-3,8,18,20H,4-7,9-11H2,1H3. The maximum absolute atomic E-state index is 13.5. The summed E-state index contributed by atoms with van der Waals surface area (Å²) in [6, 6.07) is 3.50. The summed E-state index contributed by atoms with van der Waals surface area (Å²) in [5.74, 6) is -1.16. The molecule has 21 heavy (non-hydrogen) atoms. The minimum absolute atomic E-state index is 0.255. The van der Waals surface area contributed by atoms with E-state index in [0.717, 1.165) is 19.2 Å². The molecule has 0 saturated carbocycles. The van der Waals surface area contributed by atoms with Crippen LogP contribution in [0.5, 0.6) is 0 Å². The van der Waals surface area contributed by atoms with Crippen molar-refractivity contribution in [2.45, 2.75) is 19.1 Å². The van der Waals surface area contributed by atoms with Crippen LogP contribution < -0.4 is 5.32 Å². The third kappa shape index (κ3) is 5.32. The van der Waals surface area contributed by atoms with E-state index < -0.39 is 17.2 Å². The molecule has 1 heterocycles. The van der Waals surface area contributed by atoms with Gasteiger partial charge in [0.1, 0.15) is 11.6 Å². The SMILES string of the molecule is CC(O)(CNCc1ccc(F)cc1F)CN1CCOCC1. The molecule has 4 nitrogen and oxygen atoms in total. The Hall–Kier alpha value is -1.08. The molecular formula is C15H22F2N2O2. The van der Waals surface area contributed by atoms with E-state index in [9.17, 15) is 13.9 Å². The van der Waals surface area contributed by atoms with Crippen molar-refractivity contribution in [2.75, 3.05) is 39.4 Å². The zero-order chi connectivity index (χ0) is 15.3. The number of aliphatic hydroxyl groups is 1. The highest BCUT2D eigenvalue weighted by Crippen LogP contribution is 2.11. The van der Waals surface area contributed by atoms with Crippen LogP contribution in [0, 0.1) is 11.6 Å². The third-order valence-electron chi connectivity index (χ3n) is 3.50. The zero-order valence-electron chi connectivity index (χ0n) is 12.2. The molecule has 0 spiro atoms. The van der Waals surface area contributed by atoms with Gasteiger partial charge in [-0.15, -0.1) is 0 Å². The number of halogens is 2. The minimum atomic E-state index is -0.909. The Bertz CT molecular complexity index is 463. The molecular weight excluding hydrogens is 278 g/mol. The third-order valence-corrected chi connectivity index (χ3v) is 3.50. The maximum Gasteiger partial charge on any atom is 0.130 e. The first-order valence-corrected chi connectivity index (χ1v) is 7.13. The first kappa shape index (κ1) is 16.3. The topological polar surface area (TPSA) is 44.7 Å². The van der Waals surface area contributed by atoms with Gasteiger partial charge in [0.25, 0.3) is 0 Å². The van der Waals surface area contributed by atoms with Crippen LogP contribution in [-0.2, 0) is 11.3 Å². The smallest absolute Gasteiger partial charge is 0.130 e. The summed E-state index contributed by atoms with van der Waals surface area (Å²) in [6.45, 7) is 5.86. The van der Waals surface area contributed by atoms with Crippen molar-refractivity contribution in [1.82, 2.24) is 10.2 Å². The number of nitrogens with zero attached hydrogens (tertiary/aromatic N) is 1. The normalized spacial score (nSPS) is 19.4. The second kappa shape index (κ2) is 7.26. The van der Waals surface area contributed by atoms with Crippen LogP contribution in [0.1, 0.15) is 12.5 Å². The second-order valence-corrected chi connectivity index (χ2v) is 5.72. The van der Waals surface area contributed by atoms with Crippen LogP contribution in [0.25, 0.3) is 0 Å². The molecule has 2 N–H and O–H groups in total. The molecule has 1 aliphatic heterocycles. The van der Waals surface area contributed by atoms with Gasteiger partial charge in [-0.05, 0) is 13.0 Å². The Labute approximate surface area is 123 Å². The maximum atomic E-state index is 13.5. The summed E-state index contributed by atoms with van der Waals surface area (Å²) < 4.78 is 31.5. The molecule has 1 atom stereocenters. The number of morpholine rings is 1. The first-order chi connectivity index (χ1) is 9.96. The highest BCUT2D eigenvalue weighted by molar-refractivity contribution is 5.18. The van der Waals surface area contributed by atoms with Crippen molar-refractivity contribution in [3.05, 3.63) is 35.4 Å². The highest BCUT2D eigenvalue weighted by atomic mass is 19.1. The van der Waals surface area contributed by atoms with Crippen LogP contribution in [0.15, 0.2) is 18.2 Å². The predicted octanol–water partition coefficient (Wildman–Crippen LogP) is 1.14. The molecule has 6 heteroatoms. The number of hydrogen-bond donors (Lipinski definition) is 2. The zero-order valence-corrected chi connectivity index (χ0v) is 12.2. The summed E-state index contributed by atoms with van der Waals surface area (Å²) in [7, 11) is 0. The second-order valence-electron chi connectivity index (χ2n) is 5.72. The van der Waals surface area contributed by atoms with Gasteiger partial charge in [-0.25, -0.2) is 8.78 Å². The van der Waals surface area contributed by atoms with E-state index in [2.05, 4.69) is 10.2 Å². The summed E-state index contributed by atoms with van der Waals surface area (Å²) in [5.41, 5.74) is -0.521. The number of rotatable bonds is 6. The molecule has 1 aromatic rings. The van der Waals surface area contributed by atoms with Crippen LogP contribution in [0.4, 0.5) is 8.78 Å². The fourth-order valence-electron chi connectivity index (χ4n) is 2.43. The highest BCUT2D eigenvalue weighted by Gasteiger charge is 2.24. The molecule has 2 rings (SSSR count). The lowest BCUT2D eigenvalue weighted by Crippen LogP contribution is -2.50. The molecule has 0 radical (unpaired) electrons. The predicted molar refractivity (Wildman–Crippen MR) is 75.9 cm³/mol. The van der Waals surface area contributed by atoms with E-state index in [0.29, 0.717) is 31.9 Å². The summed E-state index contributed by atoms with van der Waals surface area (Å²) in [4.78, 5) is 2.14. The Morgan fingerprint density at radius 2 is 2.05 bits per heavy atom. The summed E-state index contributed by atoms with van der Waals surface area (Å²) in [6.07, 6.45) is 0. The van der Waals surface area contributed by atoms with Gasteiger partial charge in [0.15, 0.2) is 0 Å². The van der Waals surface area contributed by atoms with Crippen molar-refractivity contribution in [3.63, 3.8) is 0 Å². The monoisotopic (exact) mass is 300 g/mol. The Kier molecular flexibility index (Phi) is 5.64. The van der Waals surface area contributed by atoms with Crippen molar-refractivity contribution in [1.29, 1.82) is 0 Å². The van der Waals surface area contributed by atoms with Crippen molar-refractivity contribution < 1.29 is 18.6 Å². The van der Waals surface area contributed by atoms with Crippen molar-refractivity contribution in [2.24, 2.45) is 0 Å². The fourth-order valence-corrected chi connectivity index (χ4v) is 2.43. The van der Waals surface area contributed by atoms with Gasteiger partial charge >= 0.3 is 0 Å². The molecule has 0 aliphatic carbocycles.